The van der Waals surface area contributed by atoms with Crippen molar-refractivity contribution in [1.82, 2.24) is 0 Å². The molecule has 6 rings (SSSR count). The van der Waals surface area contributed by atoms with E-state index in [2.05, 4.69) is 16.0 Å². The van der Waals surface area contributed by atoms with E-state index in [0.717, 1.165) is 12.0 Å². The van der Waals surface area contributed by atoms with Crippen molar-refractivity contribution in [3.05, 3.63) is 66.2 Å². The highest BCUT2D eigenvalue weighted by atomic mass is 16.7. The molecule has 3 aliphatic heterocycles. The van der Waals surface area contributed by atoms with Crippen LogP contribution in [0.3, 0.4) is 0 Å². The van der Waals surface area contributed by atoms with Gasteiger partial charge in [0.15, 0.2) is 47.6 Å². The number of amides is 3. The van der Waals surface area contributed by atoms with Crippen LogP contribution < -0.4 is 34.9 Å². The van der Waals surface area contributed by atoms with Crippen molar-refractivity contribution in [3.63, 3.8) is 0 Å². The second kappa shape index (κ2) is 14.5. The highest BCUT2D eigenvalue weighted by Gasteiger charge is 2.53. The molecule has 3 aromatic rings. The number of rotatable bonds is 9. The lowest BCUT2D eigenvalue weighted by molar-refractivity contribution is -0.290. The lowest BCUT2D eigenvalue weighted by atomic mass is 9.98. The molecule has 1 fully saturated rings. The number of aliphatic hydroxyl groups excluding tert-OH is 1. The zero-order valence-corrected chi connectivity index (χ0v) is 25.8. The predicted octanol–water partition coefficient (Wildman–Crippen LogP) is 4.22. The van der Waals surface area contributed by atoms with Crippen LogP contribution in [0, 0.1) is 0 Å². The second-order valence-corrected chi connectivity index (χ2v) is 10.6. The summed E-state index contributed by atoms with van der Waals surface area (Å²) in [6, 6.07) is 16.5. The first kappa shape index (κ1) is 32.5. The zero-order chi connectivity index (χ0) is 33.6. The van der Waals surface area contributed by atoms with E-state index >= 15 is 0 Å². The summed E-state index contributed by atoms with van der Waals surface area (Å²) in [6.45, 7) is 1.36. The van der Waals surface area contributed by atoms with Crippen LogP contribution in [0.4, 0.5) is 31.4 Å². The molecular weight excluding hydrogens is 634 g/mol. The van der Waals surface area contributed by atoms with Crippen LogP contribution in [0.1, 0.15) is 12.5 Å². The number of fused-ring (bicyclic) bond motifs is 2. The highest BCUT2D eigenvalue weighted by Crippen LogP contribution is 2.36. The molecule has 48 heavy (non-hydrogen) atoms. The number of anilines is 3. The third-order valence-electron chi connectivity index (χ3n) is 7.55. The maximum absolute atomic E-state index is 13.3. The number of carbonyl (C=O) groups excluding carboxylic acids is 3. The van der Waals surface area contributed by atoms with E-state index in [9.17, 15) is 19.5 Å². The van der Waals surface area contributed by atoms with Gasteiger partial charge in [0.05, 0.1) is 6.61 Å². The van der Waals surface area contributed by atoms with Crippen molar-refractivity contribution >= 4 is 35.3 Å². The van der Waals surface area contributed by atoms with Gasteiger partial charge in [-0.05, 0) is 48.4 Å². The molecule has 3 amide bonds. The van der Waals surface area contributed by atoms with Gasteiger partial charge in [0.25, 0.3) is 0 Å². The maximum Gasteiger partial charge on any atom is 0.412 e. The summed E-state index contributed by atoms with van der Waals surface area (Å²) < 4.78 is 49.7. The quantitative estimate of drug-likeness (QED) is 0.238. The third kappa shape index (κ3) is 7.41. The first-order valence-electron chi connectivity index (χ1n) is 14.9. The maximum atomic E-state index is 13.3. The summed E-state index contributed by atoms with van der Waals surface area (Å²) in [4.78, 5) is 39.7. The molecule has 3 heterocycles. The number of hydrogen-bond acceptors (Lipinski definition) is 13. The Bertz CT molecular complexity index is 1650. The third-order valence-corrected chi connectivity index (χ3v) is 7.55. The number of nitrogens with one attached hydrogen (secondary N) is 3. The van der Waals surface area contributed by atoms with E-state index < -0.39 is 55.6 Å². The van der Waals surface area contributed by atoms with E-state index in [1.807, 2.05) is 13.0 Å². The summed E-state index contributed by atoms with van der Waals surface area (Å²) in [5.74, 6) is 1.83. The van der Waals surface area contributed by atoms with Gasteiger partial charge in [-0.15, -0.1) is 0 Å². The van der Waals surface area contributed by atoms with Gasteiger partial charge in [0.1, 0.15) is 6.10 Å². The molecule has 0 aromatic heterocycles. The van der Waals surface area contributed by atoms with Crippen molar-refractivity contribution in [2.75, 3.05) is 43.3 Å². The predicted molar refractivity (Wildman–Crippen MR) is 165 cm³/mol. The SMILES string of the molecule is CCc1cccc(NC(=O)O[C@H]2[C@H](OC(=O)Nc3ccc4c(c3)OCO4)[C@H](OC(=O)Nc3ccc4c(c3)OCO4)[C@@H](OC)O[C@@H]2CO)c1. The van der Waals surface area contributed by atoms with E-state index in [1.54, 1.807) is 42.5 Å². The summed E-state index contributed by atoms with van der Waals surface area (Å²) >= 11 is 0. The molecule has 0 saturated carbocycles. The van der Waals surface area contributed by atoms with Crippen LogP contribution in [0.2, 0.25) is 0 Å². The Morgan fingerprint density at radius 3 is 1.77 bits per heavy atom. The summed E-state index contributed by atoms with van der Waals surface area (Å²) in [5.41, 5.74) is 2.01. The lowest BCUT2D eigenvalue weighted by Crippen LogP contribution is -2.63. The fourth-order valence-corrected chi connectivity index (χ4v) is 5.25. The molecule has 16 heteroatoms. The van der Waals surface area contributed by atoms with Crippen LogP contribution >= 0.6 is 0 Å². The Labute approximate surface area is 274 Å². The van der Waals surface area contributed by atoms with Gasteiger partial charge in [-0.25, -0.2) is 14.4 Å². The first-order chi connectivity index (χ1) is 23.3. The van der Waals surface area contributed by atoms with E-state index in [1.165, 1.54) is 19.2 Å². The number of hydrogen-bond donors (Lipinski definition) is 4. The van der Waals surface area contributed by atoms with E-state index in [-0.39, 0.29) is 13.6 Å². The van der Waals surface area contributed by atoms with Gasteiger partial charge in [-0.1, -0.05) is 19.1 Å². The number of ether oxygens (including phenoxy) is 9. The Hall–Kier alpha value is -5.45. The van der Waals surface area contributed by atoms with E-state index in [4.69, 9.17) is 42.6 Å². The minimum Gasteiger partial charge on any atom is -0.454 e. The molecule has 1 saturated heterocycles. The van der Waals surface area contributed by atoms with Gasteiger partial charge in [-0.2, -0.15) is 0 Å². The van der Waals surface area contributed by atoms with Gasteiger partial charge in [0, 0.05) is 36.3 Å². The molecule has 254 valence electrons. The fraction of sp³-hybridized carbons (Fsp3) is 0.344. The molecule has 16 nitrogen and oxygen atoms in total. The Morgan fingerprint density at radius 1 is 0.708 bits per heavy atom. The van der Waals surface area contributed by atoms with Crippen LogP contribution in [-0.2, 0) is 30.1 Å². The Balaban J connectivity index is 1.24. The number of benzene rings is 3. The molecule has 3 aromatic carbocycles. The minimum atomic E-state index is -1.55. The average molecular weight is 668 g/mol. The number of carbonyl (C=O) groups is 3. The largest absolute Gasteiger partial charge is 0.454 e. The molecule has 4 N–H and O–H groups in total. The fourth-order valence-electron chi connectivity index (χ4n) is 5.25. The monoisotopic (exact) mass is 667 g/mol. The minimum absolute atomic E-state index is 0.0312. The molecular formula is C32H33N3O13. The first-order valence-corrected chi connectivity index (χ1v) is 14.9. The molecule has 0 spiro atoms. The van der Waals surface area contributed by atoms with Crippen LogP contribution in [0.15, 0.2) is 60.7 Å². The van der Waals surface area contributed by atoms with Crippen LogP contribution in [0.5, 0.6) is 23.0 Å². The zero-order valence-electron chi connectivity index (χ0n) is 25.8. The van der Waals surface area contributed by atoms with Crippen LogP contribution in [-0.4, -0.2) is 81.4 Å². The summed E-state index contributed by atoms with van der Waals surface area (Å²) in [7, 11) is 1.27. The van der Waals surface area contributed by atoms with Gasteiger partial charge in [-0.3, -0.25) is 16.0 Å². The van der Waals surface area contributed by atoms with Crippen molar-refractivity contribution < 1.29 is 62.1 Å². The Kier molecular flexibility index (Phi) is 9.84. The molecule has 0 aliphatic carbocycles. The molecule has 0 bridgehead atoms. The lowest BCUT2D eigenvalue weighted by Gasteiger charge is -2.43. The molecule has 0 unspecified atom stereocenters. The van der Waals surface area contributed by atoms with Gasteiger partial charge in [0.2, 0.25) is 13.6 Å². The normalized spacial score (nSPS) is 21.9. The standard InChI is InChI=1S/C32H33N3O13/c1-3-17-5-4-6-18(11-17)33-30(37)46-26-25(14-36)45-29(40-2)28(48-32(39)35-20-8-10-22-24(13-20)44-16-42-22)27(26)47-31(38)34-19-7-9-21-23(12-19)43-15-41-21/h4-13,25-29,36H,3,14-16H2,1-2H3,(H,33,37)(H,34,38)(H,35,39)/t25-,26-,27+,28+,29+/m1/s1. The molecule has 0 radical (unpaired) electrons. The number of aliphatic hydroxyl groups is 1. The average Bonchev–Trinajstić information content (AvgIpc) is 3.75. The summed E-state index contributed by atoms with van der Waals surface area (Å²) in [6.07, 6.45) is -9.38. The van der Waals surface area contributed by atoms with Crippen LogP contribution in [0.25, 0.3) is 0 Å². The van der Waals surface area contributed by atoms with Gasteiger partial charge >= 0.3 is 18.3 Å². The van der Waals surface area contributed by atoms with Crippen molar-refractivity contribution in [1.29, 1.82) is 0 Å². The van der Waals surface area contributed by atoms with Gasteiger partial charge < -0.3 is 47.7 Å². The number of aryl methyl sites for hydroxylation is 1. The highest BCUT2D eigenvalue weighted by molar-refractivity contribution is 5.87. The molecule has 3 aliphatic rings. The van der Waals surface area contributed by atoms with Crippen molar-refractivity contribution in [2.24, 2.45) is 0 Å². The van der Waals surface area contributed by atoms with Crippen molar-refractivity contribution in [2.45, 2.75) is 44.1 Å². The second-order valence-electron chi connectivity index (χ2n) is 10.6. The topological polar surface area (TPSA) is 191 Å². The molecule has 5 atom stereocenters. The summed E-state index contributed by atoms with van der Waals surface area (Å²) in [5, 5.41) is 18.0. The van der Waals surface area contributed by atoms with E-state index in [0.29, 0.717) is 40.1 Å². The van der Waals surface area contributed by atoms with Crippen molar-refractivity contribution in [3.8, 4) is 23.0 Å². The Morgan fingerprint density at radius 2 is 1.23 bits per heavy atom. The number of methoxy groups -OCH3 is 1. The smallest absolute Gasteiger partial charge is 0.412 e.